The Hall–Kier alpha value is -1.44. The topological polar surface area (TPSA) is 12.4 Å². The summed E-state index contributed by atoms with van der Waals surface area (Å²) in [5.74, 6) is -0.181. The highest BCUT2D eigenvalue weighted by molar-refractivity contribution is 6.01. The van der Waals surface area contributed by atoms with Gasteiger partial charge < -0.3 is 0 Å². The molecule has 0 spiro atoms. The van der Waals surface area contributed by atoms with Gasteiger partial charge in [-0.25, -0.2) is 4.39 Å². The monoisotopic (exact) mass is 273 g/mol. The van der Waals surface area contributed by atoms with E-state index in [4.69, 9.17) is 4.99 Å². The zero-order valence-electron chi connectivity index (χ0n) is 12.7. The normalized spacial score (nSPS) is 17.0. The summed E-state index contributed by atoms with van der Waals surface area (Å²) in [5.41, 5.74) is 3.60. The van der Waals surface area contributed by atoms with Crippen LogP contribution in [0.3, 0.4) is 0 Å². The van der Waals surface area contributed by atoms with Gasteiger partial charge in [0.25, 0.3) is 0 Å². The molecule has 108 valence electrons. The van der Waals surface area contributed by atoms with Crippen molar-refractivity contribution in [2.24, 2.45) is 4.99 Å². The van der Waals surface area contributed by atoms with Crippen LogP contribution in [0.1, 0.15) is 52.0 Å². The van der Waals surface area contributed by atoms with Crippen LogP contribution in [0.4, 0.5) is 4.39 Å². The van der Waals surface area contributed by atoms with Crippen molar-refractivity contribution in [3.8, 4) is 0 Å². The Kier molecular flexibility index (Phi) is 4.74. The van der Waals surface area contributed by atoms with Crippen LogP contribution >= 0.6 is 0 Å². The lowest BCUT2D eigenvalue weighted by Crippen LogP contribution is -2.18. The molecule has 0 N–H and O–H groups in total. The van der Waals surface area contributed by atoms with Crippen LogP contribution in [-0.4, -0.2) is 11.3 Å². The third-order valence-electron chi connectivity index (χ3n) is 3.42. The maximum Gasteiger partial charge on any atom is 0.123 e. The minimum Gasteiger partial charge on any atom is -0.283 e. The van der Waals surface area contributed by atoms with Crippen molar-refractivity contribution in [1.29, 1.82) is 0 Å². The van der Waals surface area contributed by atoms with Crippen LogP contribution in [0, 0.1) is 5.82 Å². The Morgan fingerprint density at radius 2 is 1.85 bits per heavy atom. The van der Waals surface area contributed by atoms with Gasteiger partial charge in [0.15, 0.2) is 0 Å². The molecule has 0 radical (unpaired) electrons. The van der Waals surface area contributed by atoms with Crippen molar-refractivity contribution < 1.29 is 4.39 Å². The SMILES string of the molecule is CC(C)(C)N=C(Cc1ccc(F)cc1)C1=CCCCC1. The molecule has 0 aromatic heterocycles. The maximum absolute atomic E-state index is 13.0. The van der Waals surface area contributed by atoms with E-state index in [2.05, 4.69) is 26.8 Å². The van der Waals surface area contributed by atoms with Crippen molar-refractivity contribution in [2.45, 2.75) is 58.4 Å². The number of hydrogen-bond acceptors (Lipinski definition) is 1. The predicted octanol–water partition coefficient (Wildman–Crippen LogP) is 5.11. The zero-order valence-corrected chi connectivity index (χ0v) is 12.7. The third kappa shape index (κ3) is 4.59. The second-order valence-corrected chi connectivity index (χ2v) is 6.51. The molecular weight excluding hydrogens is 249 g/mol. The first-order valence-corrected chi connectivity index (χ1v) is 7.47. The fourth-order valence-electron chi connectivity index (χ4n) is 2.53. The number of rotatable bonds is 3. The van der Waals surface area contributed by atoms with Crippen LogP contribution in [0.25, 0.3) is 0 Å². The lowest BCUT2D eigenvalue weighted by Gasteiger charge is -2.20. The molecule has 0 bridgehead atoms. The van der Waals surface area contributed by atoms with Crippen molar-refractivity contribution in [3.63, 3.8) is 0 Å². The van der Waals surface area contributed by atoms with Gasteiger partial charge in [-0.05, 0) is 69.7 Å². The average Bonchev–Trinajstić information content (AvgIpc) is 2.40. The van der Waals surface area contributed by atoms with Gasteiger partial charge in [0.2, 0.25) is 0 Å². The first kappa shape index (κ1) is 15.0. The molecule has 0 aliphatic heterocycles. The molecule has 0 fully saturated rings. The number of aliphatic imine (C=N–C) groups is 1. The molecule has 1 aromatic rings. The van der Waals surface area contributed by atoms with Gasteiger partial charge in [-0.3, -0.25) is 4.99 Å². The number of benzene rings is 1. The highest BCUT2D eigenvalue weighted by Crippen LogP contribution is 2.23. The minimum absolute atomic E-state index is 0.0757. The van der Waals surface area contributed by atoms with E-state index in [9.17, 15) is 4.39 Å². The van der Waals surface area contributed by atoms with Gasteiger partial charge in [0.1, 0.15) is 5.82 Å². The summed E-state index contributed by atoms with van der Waals surface area (Å²) in [7, 11) is 0. The largest absolute Gasteiger partial charge is 0.283 e. The van der Waals surface area contributed by atoms with E-state index in [0.29, 0.717) is 0 Å². The zero-order chi connectivity index (χ0) is 14.6. The molecular formula is C18H24FN. The molecule has 1 aliphatic carbocycles. The van der Waals surface area contributed by atoms with Crippen molar-refractivity contribution in [1.82, 2.24) is 0 Å². The van der Waals surface area contributed by atoms with Crippen LogP contribution in [0.15, 0.2) is 40.9 Å². The number of halogens is 1. The Bertz CT molecular complexity index is 503. The Balaban J connectivity index is 2.25. The highest BCUT2D eigenvalue weighted by atomic mass is 19.1. The van der Waals surface area contributed by atoms with E-state index in [0.717, 1.165) is 24.8 Å². The smallest absolute Gasteiger partial charge is 0.123 e. The molecule has 0 heterocycles. The Morgan fingerprint density at radius 3 is 2.40 bits per heavy atom. The molecule has 20 heavy (non-hydrogen) atoms. The van der Waals surface area contributed by atoms with Crippen molar-refractivity contribution in [2.75, 3.05) is 0 Å². The highest BCUT2D eigenvalue weighted by Gasteiger charge is 2.15. The second kappa shape index (κ2) is 6.34. The summed E-state index contributed by atoms with van der Waals surface area (Å²) < 4.78 is 13.0. The van der Waals surface area contributed by atoms with Gasteiger partial charge in [0, 0.05) is 12.1 Å². The molecule has 1 nitrogen and oxygen atoms in total. The molecule has 2 rings (SSSR count). The van der Waals surface area contributed by atoms with E-state index >= 15 is 0 Å². The van der Waals surface area contributed by atoms with Crippen molar-refractivity contribution >= 4 is 5.71 Å². The van der Waals surface area contributed by atoms with E-state index < -0.39 is 0 Å². The standard InChI is InChI=1S/C18H24FN/c1-18(2,3)20-17(15-7-5-4-6-8-15)13-14-9-11-16(19)12-10-14/h7,9-12H,4-6,8,13H2,1-3H3. The first-order valence-electron chi connectivity index (χ1n) is 7.47. The van der Waals surface area contributed by atoms with Gasteiger partial charge >= 0.3 is 0 Å². The molecule has 2 heteroatoms. The lowest BCUT2D eigenvalue weighted by atomic mass is 9.92. The minimum atomic E-state index is -0.181. The third-order valence-corrected chi connectivity index (χ3v) is 3.42. The number of hydrogen-bond donors (Lipinski definition) is 0. The first-order chi connectivity index (χ1) is 9.44. The molecule has 0 saturated carbocycles. The molecule has 0 amide bonds. The Labute approximate surface area is 121 Å². The van der Waals surface area contributed by atoms with Crippen molar-refractivity contribution in [3.05, 3.63) is 47.3 Å². The lowest BCUT2D eigenvalue weighted by molar-refractivity contribution is 0.581. The number of nitrogens with zero attached hydrogens (tertiary/aromatic N) is 1. The average molecular weight is 273 g/mol. The number of allylic oxidation sites excluding steroid dienone is 2. The van der Waals surface area contributed by atoms with Crippen LogP contribution in [0.2, 0.25) is 0 Å². The predicted molar refractivity (Wildman–Crippen MR) is 83.8 cm³/mol. The van der Waals surface area contributed by atoms with Gasteiger partial charge in [0.05, 0.1) is 5.54 Å². The summed E-state index contributed by atoms with van der Waals surface area (Å²) >= 11 is 0. The van der Waals surface area contributed by atoms with Crippen LogP contribution < -0.4 is 0 Å². The Morgan fingerprint density at radius 1 is 1.15 bits per heavy atom. The summed E-state index contributed by atoms with van der Waals surface area (Å²) in [6, 6.07) is 6.77. The fraction of sp³-hybridized carbons (Fsp3) is 0.500. The second-order valence-electron chi connectivity index (χ2n) is 6.51. The molecule has 1 aliphatic rings. The van der Waals surface area contributed by atoms with Gasteiger partial charge in [-0.1, -0.05) is 18.2 Å². The summed E-state index contributed by atoms with van der Waals surface area (Å²) in [4.78, 5) is 4.90. The van der Waals surface area contributed by atoms with E-state index in [1.54, 1.807) is 0 Å². The summed E-state index contributed by atoms with van der Waals surface area (Å²) in [6.07, 6.45) is 7.93. The van der Waals surface area contributed by atoms with Gasteiger partial charge in [-0.15, -0.1) is 0 Å². The molecule has 0 saturated heterocycles. The van der Waals surface area contributed by atoms with Gasteiger partial charge in [-0.2, -0.15) is 0 Å². The summed E-state index contributed by atoms with van der Waals surface area (Å²) in [6.45, 7) is 6.38. The van der Waals surface area contributed by atoms with E-state index in [1.807, 2.05) is 12.1 Å². The molecule has 1 aromatic carbocycles. The van der Waals surface area contributed by atoms with Crippen LogP contribution in [0.5, 0.6) is 0 Å². The quantitative estimate of drug-likeness (QED) is 0.679. The van der Waals surface area contributed by atoms with Crippen LogP contribution in [-0.2, 0) is 6.42 Å². The fourth-order valence-corrected chi connectivity index (χ4v) is 2.53. The van der Waals surface area contributed by atoms with E-state index in [-0.39, 0.29) is 11.4 Å². The molecule has 0 atom stereocenters. The summed E-state index contributed by atoms with van der Waals surface area (Å²) in [5, 5.41) is 0. The maximum atomic E-state index is 13.0. The van der Waals surface area contributed by atoms with E-state index in [1.165, 1.54) is 36.3 Å². The molecule has 0 unspecified atom stereocenters.